The molecular formula is C51H68N10O13. The largest absolute Gasteiger partial charge is 0.497 e. The summed E-state index contributed by atoms with van der Waals surface area (Å²) in [6.07, 6.45) is 1.88. The van der Waals surface area contributed by atoms with Gasteiger partial charge in [0.05, 0.1) is 20.0 Å². The molecule has 0 aliphatic heterocycles. The fourth-order valence-corrected chi connectivity index (χ4v) is 8.34. The standard InChI is InChI=1S/C51H68N10O13/c1-30-11-6-7-14-36(30)60-51(73)55-34-22-18-32(19-23-34)28-41(62)56-37(15-8-9-26-54-50(53)72)46(68)57-38(16-10-17-42(63)64)47(69)61-44(33-12-4-3-5-13-33)49(71)59-40(29-43(65)66)48(70)58-39(45(52)67)27-31-20-24-35(74-2)25-21-31/h6-7,11,14,18-25,33,37-40,44H,3-5,8-10,12-13,15-17,26-29H2,1-2H3,(H2,52,67)(H,56,62)(H,57,68)(H,58,70)(H,59,71)(H,61,69)(H,63,64)(H,65,66)(H3,53,54,72)(H2,55,60,73)/t37-,38-,39+,40?,44+/m0/s1. The van der Waals surface area contributed by atoms with Crippen LogP contribution in [-0.4, -0.2) is 114 Å². The number of para-hydroxylation sites is 1. The van der Waals surface area contributed by atoms with Gasteiger partial charge >= 0.3 is 24.0 Å². The quantitative estimate of drug-likeness (QED) is 0.0445. The molecule has 74 heavy (non-hydrogen) atoms. The number of carbonyl (C=O) groups excluding carboxylic acids is 8. The van der Waals surface area contributed by atoms with E-state index in [2.05, 4.69) is 42.5 Å². The molecule has 1 aliphatic rings. The summed E-state index contributed by atoms with van der Waals surface area (Å²) in [5.74, 6) is -7.78. The molecule has 14 N–H and O–H groups in total. The van der Waals surface area contributed by atoms with Crippen LogP contribution in [0.15, 0.2) is 72.8 Å². The Hall–Kier alpha value is -8.24. The zero-order valence-corrected chi connectivity index (χ0v) is 41.5. The van der Waals surface area contributed by atoms with Gasteiger partial charge in [0.2, 0.25) is 35.4 Å². The van der Waals surface area contributed by atoms with Gasteiger partial charge in [-0.15, -0.1) is 0 Å². The zero-order chi connectivity index (χ0) is 54.2. The zero-order valence-electron chi connectivity index (χ0n) is 41.5. The Balaban J connectivity index is 1.51. The average molecular weight is 1030 g/mol. The van der Waals surface area contributed by atoms with Crippen LogP contribution in [0.1, 0.15) is 93.7 Å². The monoisotopic (exact) mass is 1030 g/mol. The molecule has 3 aromatic rings. The molecule has 0 heterocycles. The number of benzene rings is 3. The van der Waals surface area contributed by atoms with Crippen molar-refractivity contribution in [3.63, 3.8) is 0 Å². The van der Waals surface area contributed by atoms with Gasteiger partial charge in [0, 0.05) is 30.8 Å². The molecule has 0 aromatic heterocycles. The minimum absolute atomic E-state index is 0.0250. The predicted octanol–water partition coefficient (Wildman–Crippen LogP) is 2.49. The van der Waals surface area contributed by atoms with Crippen LogP contribution in [0, 0.1) is 12.8 Å². The third kappa shape index (κ3) is 20.5. The summed E-state index contributed by atoms with van der Waals surface area (Å²) in [5.41, 5.74) is 13.9. The maximum atomic E-state index is 14.3. The van der Waals surface area contributed by atoms with Crippen LogP contribution >= 0.6 is 0 Å². The van der Waals surface area contributed by atoms with Crippen LogP contribution in [-0.2, 0) is 51.2 Å². The second-order valence-electron chi connectivity index (χ2n) is 18.1. The molecule has 0 saturated heterocycles. The van der Waals surface area contributed by atoms with E-state index in [1.165, 1.54) is 7.11 Å². The molecule has 4 rings (SSSR count). The third-order valence-electron chi connectivity index (χ3n) is 12.3. The number of primary amides is 2. The van der Waals surface area contributed by atoms with E-state index in [0.717, 1.165) is 12.0 Å². The minimum Gasteiger partial charge on any atom is -0.497 e. The number of aliphatic carboxylic acids is 2. The van der Waals surface area contributed by atoms with E-state index in [4.69, 9.17) is 16.2 Å². The summed E-state index contributed by atoms with van der Waals surface area (Å²) in [6, 6.07) is 11.9. The molecule has 1 unspecified atom stereocenters. The van der Waals surface area contributed by atoms with Crippen LogP contribution in [0.25, 0.3) is 0 Å². The van der Waals surface area contributed by atoms with Crippen molar-refractivity contribution >= 4 is 70.8 Å². The Morgan fingerprint density at radius 1 is 0.635 bits per heavy atom. The lowest BCUT2D eigenvalue weighted by Crippen LogP contribution is -2.61. The van der Waals surface area contributed by atoms with E-state index in [1.54, 1.807) is 60.7 Å². The van der Waals surface area contributed by atoms with Crippen molar-refractivity contribution in [2.45, 2.75) is 127 Å². The number of aryl methyl sites for hydroxylation is 1. The maximum Gasteiger partial charge on any atom is 0.323 e. The van der Waals surface area contributed by atoms with Crippen molar-refractivity contribution in [1.82, 2.24) is 31.9 Å². The lowest BCUT2D eigenvalue weighted by molar-refractivity contribution is -0.141. The Morgan fingerprint density at radius 3 is 1.85 bits per heavy atom. The first kappa shape index (κ1) is 58.3. The molecule has 0 spiro atoms. The fraction of sp³-hybridized carbons (Fsp3) is 0.451. The molecule has 5 atom stereocenters. The van der Waals surface area contributed by atoms with Gasteiger partial charge < -0.3 is 69.0 Å². The normalized spacial score (nSPS) is 14.2. The number of methoxy groups -OCH3 is 1. The Kier molecular flexibility index (Phi) is 23.6. The highest BCUT2D eigenvalue weighted by atomic mass is 16.5. The number of amides is 10. The summed E-state index contributed by atoms with van der Waals surface area (Å²) < 4.78 is 5.16. The van der Waals surface area contributed by atoms with Crippen LogP contribution in [0.5, 0.6) is 5.75 Å². The van der Waals surface area contributed by atoms with E-state index in [9.17, 15) is 58.2 Å². The highest BCUT2D eigenvalue weighted by Gasteiger charge is 2.37. The maximum absolute atomic E-state index is 14.3. The van der Waals surface area contributed by atoms with E-state index < -0.39 is 102 Å². The Morgan fingerprint density at radius 2 is 1.23 bits per heavy atom. The number of hydrogen-bond donors (Lipinski definition) is 12. The molecule has 1 fully saturated rings. The number of nitrogens with two attached hydrogens (primary N) is 2. The highest BCUT2D eigenvalue weighted by molar-refractivity contribution is 6.00. The topological polar surface area (TPSA) is 369 Å². The highest BCUT2D eigenvalue weighted by Crippen LogP contribution is 2.27. The molecule has 3 aromatic carbocycles. The SMILES string of the molecule is COc1ccc(C[C@@H](NC(=O)C(CC(=O)O)NC(=O)[C@H](NC(=O)[C@H](CCCC(=O)O)NC(=O)[C@H](CCCCNC(N)=O)NC(=O)Cc2ccc(NC(=O)Nc3ccccc3C)cc2)C2CCCCC2)C(N)=O)cc1. The van der Waals surface area contributed by atoms with Gasteiger partial charge in [-0.05, 0) is 105 Å². The first-order chi connectivity index (χ1) is 35.3. The fourth-order valence-electron chi connectivity index (χ4n) is 8.34. The summed E-state index contributed by atoms with van der Waals surface area (Å²) in [6.45, 7) is 2.02. The molecule has 0 radical (unpaired) electrons. The summed E-state index contributed by atoms with van der Waals surface area (Å²) in [5, 5.41) is 40.1. The molecule has 23 heteroatoms. The number of urea groups is 2. The summed E-state index contributed by atoms with van der Waals surface area (Å²) in [4.78, 5) is 130. The van der Waals surface area contributed by atoms with Crippen LogP contribution in [0.2, 0.25) is 0 Å². The van der Waals surface area contributed by atoms with Crippen molar-refractivity contribution in [2.75, 3.05) is 24.3 Å². The second kappa shape index (κ2) is 29.9. The first-order valence-electron chi connectivity index (χ1n) is 24.4. The van der Waals surface area contributed by atoms with Crippen LogP contribution < -0.4 is 58.7 Å². The van der Waals surface area contributed by atoms with Crippen molar-refractivity contribution in [1.29, 1.82) is 0 Å². The predicted molar refractivity (Wildman–Crippen MR) is 271 cm³/mol. The van der Waals surface area contributed by atoms with Crippen molar-refractivity contribution < 1.29 is 62.9 Å². The molecule has 10 amide bonds. The third-order valence-corrected chi connectivity index (χ3v) is 12.3. The number of carboxylic acid groups (broad SMARTS) is 2. The van der Waals surface area contributed by atoms with E-state index in [0.29, 0.717) is 60.4 Å². The van der Waals surface area contributed by atoms with E-state index >= 15 is 0 Å². The lowest BCUT2D eigenvalue weighted by Gasteiger charge is -2.32. The Labute approximate surface area is 428 Å². The number of carbonyl (C=O) groups is 10. The number of nitrogens with one attached hydrogen (secondary N) is 8. The number of ether oxygens (including phenoxy) is 1. The van der Waals surface area contributed by atoms with E-state index in [1.807, 2.05) is 19.1 Å². The number of hydrogen-bond acceptors (Lipinski definition) is 11. The number of carboxylic acids is 2. The minimum atomic E-state index is -1.74. The van der Waals surface area contributed by atoms with Gasteiger partial charge in [0.1, 0.15) is 36.0 Å². The van der Waals surface area contributed by atoms with Crippen LogP contribution in [0.3, 0.4) is 0 Å². The molecule has 23 nitrogen and oxygen atoms in total. The van der Waals surface area contributed by atoms with Gasteiger partial charge in [-0.25, -0.2) is 9.59 Å². The smallest absolute Gasteiger partial charge is 0.323 e. The molecule has 1 saturated carbocycles. The summed E-state index contributed by atoms with van der Waals surface area (Å²) in [7, 11) is 1.47. The van der Waals surface area contributed by atoms with Gasteiger partial charge in [0.15, 0.2) is 0 Å². The van der Waals surface area contributed by atoms with Crippen molar-refractivity contribution in [3.05, 3.63) is 89.5 Å². The Bertz CT molecular complexity index is 2430. The van der Waals surface area contributed by atoms with Crippen molar-refractivity contribution in [2.24, 2.45) is 17.4 Å². The average Bonchev–Trinajstić information content (AvgIpc) is 3.35. The molecule has 0 bridgehead atoms. The van der Waals surface area contributed by atoms with E-state index in [-0.39, 0.29) is 51.5 Å². The van der Waals surface area contributed by atoms with Crippen LogP contribution in [0.4, 0.5) is 21.0 Å². The van der Waals surface area contributed by atoms with Gasteiger partial charge in [0.25, 0.3) is 0 Å². The molecule has 1 aliphatic carbocycles. The number of anilines is 2. The van der Waals surface area contributed by atoms with Crippen molar-refractivity contribution in [3.8, 4) is 5.75 Å². The first-order valence-corrected chi connectivity index (χ1v) is 24.4. The molecule has 400 valence electrons. The lowest BCUT2D eigenvalue weighted by atomic mass is 9.83. The van der Waals surface area contributed by atoms with Gasteiger partial charge in [-0.1, -0.05) is 61.7 Å². The number of rotatable bonds is 29. The number of unbranched alkanes of at least 4 members (excludes halogenated alkanes) is 1. The van der Waals surface area contributed by atoms with Gasteiger partial charge in [-0.2, -0.15) is 0 Å². The molecular weight excluding hydrogens is 961 g/mol. The van der Waals surface area contributed by atoms with Gasteiger partial charge in [-0.3, -0.25) is 38.4 Å². The second-order valence-corrected chi connectivity index (χ2v) is 18.1. The summed E-state index contributed by atoms with van der Waals surface area (Å²) >= 11 is 0.